The van der Waals surface area contributed by atoms with E-state index >= 15 is 0 Å². The number of aliphatic hydroxyl groups is 1. The van der Waals surface area contributed by atoms with Crippen LogP contribution in [0.15, 0.2) is 25.3 Å². The highest BCUT2D eigenvalue weighted by Gasteiger charge is 2.43. The molecule has 0 heterocycles. The van der Waals surface area contributed by atoms with Gasteiger partial charge in [0, 0.05) is 19.1 Å². The van der Waals surface area contributed by atoms with E-state index in [0.29, 0.717) is 0 Å². The van der Waals surface area contributed by atoms with Crippen molar-refractivity contribution < 1.29 is 38.4 Å². The summed E-state index contributed by atoms with van der Waals surface area (Å²) in [6, 6.07) is 0. The van der Waals surface area contributed by atoms with Crippen LogP contribution in [0.25, 0.3) is 0 Å². The van der Waals surface area contributed by atoms with Crippen molar-refractivity contribution in [1.82, 2.24) is 0 Å². The number of rotatable bonds is 10. The maximum Gasteiger partial charge on any atom is 0.392 e. The molecule has 0 aromatic carbocycles. The SMILES string of the molecule is C=CC(=O)OC(C)(OC(=O)C=C)C(=O)OCCOCCO. The Bertz CT molecular complexity index is 379. The highest BCUT2D eigenvalue weighted by molar-refractivity contribution is 5.89. The van der Waals surface area contributed by atoms with Gasteiger partial charge >= 0.3 is 23.7 Å². The molecule has 0 atom stereocenters. The molecule has 0 radical (unpaired) electrons. The van der Waals surface area contributed by atoms with Gasteiger partial charge in [-0.15, -0.1) is 0 Å². The highest BCUT2D eigenvalue weighted by atomic mass is 16.8. The molecule has 0 saturated carbocycles. The third-order valence-corrected chi connectivity index (χ3v) is 1.99. The van der Waals surface area contributed by atoms with Crippen LogP contribution in [0, 0.1) is 0 Å². The van der Waals surface area contributed by atoms with Crippen LogP contribution in [0.1, 0.15) is 6.92 Å². The van der Waals surface area contributed by atoms with Gasteiger partial charge in [0.2, 0.25) is 0 Å². The monoisotopic (exact) mass is 302 g/mol. The number of ether oxygens (including phenoxy) is 4. The van der Waals surface area contributed by atoms with E-state index in [1.165, 1.54) is 0 Å². The van der Waals surface area contributed by atoms with Crippen LogP contribution < -0.4 is 0 Å². The zero-order valence-corrected chi connectivity index (χ0v) is 11.7. The molecule has 118 valence electrons. The lowest BCUT2D eigenvalue weighted by Crippen LogP contribution is -2.45. The largest absolute Gasteiger partial charge is 0.457 e. The first-order valence-electron chi connectivity index (χ1n) is 5.96. The van der Waals surface area contributed by atoms with E-state index in [1.54, 1.807) is 0 Å². The van der Waals surface area contributed by atoms with Crippen molar-refractivity contribution in [2.24, 2.45) is 0 Å². The Labute approximate surface area is 121 Å². The average Bonchev–Trinajstić information content (AvgIpc) is 2.46. The molecule has 0 aromatic heterocycles. The molecule has 0 rings (SSSR count). The molecule has 8 heteroatoms. The van der Waals surface area contributed by atoms with E-state index in [-0.39, 0.29) is 26.4 Å². The number of esters is 3. The molecule has 0 aromatic rings. The van der Waals surface area contributed by atoms with Crippen molar-refractivity contribution in [2.75, 3.05) is 26.4 Å². The summed E-state index contributed by atoms with van der Waals surface area (Å²) in [5.41, 5.74) is 0. The topological polar surface area (TPSA) is 108 Å². The summed E-state index contributed by atoms with van der Waals surface area (Å²) >= 11 is 0. The van der Waals surface area contributed by atoms with E-state index in [1.807, 2.05) is 0 Å². The molecule has 1 N–H and O–H groups in total. The molecule has 0 bridgehead atoms. The Morgan fingerprint density at radius 2 is 1.57 bits per heavy atom. The van der Waals surface area contributed by atoms with Crippen molar-refractivity contribution in [1.29, 1.82) is 0 Å². The lowest BCUT2D eigenvalue weighted by molar-refractivity contribution is -0.230. The fourth-order valence-electron chi connectivity index (χ4n) is 1.06. The first-order chi connectivity index (χ1) is 9.89. The molecular formula is C13H18O8. The quantitative estimate of drug-likeness (QED) is 0.254. The highest BCUT2D eigenvalue weighted by Crippen LogP contribution is 2.16. The van der Waals surface area contributed by atoms with Crippen LogP contribution >= 0.6 is 0 Å². The van der Waals surface area contributed by atoms with Gasteiger partial charge in [-0.1, -0.05) is 13.2 Å². The Morgan fingerprint density at radius 1 is 1.05 bits per heavy atom. The normalized spacial score (nSPS) is 10.4. The van der Waals surface area contributed by atoms with Crippen LogP contribution in [0.4, 0.5) is 0 Å². The summed E-state index contributed by atoms with van der Waals surface area (Å²) in [6.07, 6.45) is 1.61. The summed E-state index contributed by atoms with van der Waals surface area (Å²) in [6.45, 7) is 7.15. The minimum atomic E-state index is -2.26. The van der Waals surface area contributed by atoms with Crippen molar-refractivity contribution >= 4 is 17.9 Å². The van der Waals surface area contributed by atoms with E-state index < -0.39 is 23.7 Å². The Hall–Kier alpha value is -2.19. The number of hydrogen-bond acceptors (Lipinski definition) is 8. The van der Waals surface area contributed by atoms with E-state index in [4.69, 9.17) is 24.1 Å². The predicted molar refractivity (Wildman–Crippen MR) is 69.8 cm³/mol. The second kappa shape index (κ2) is 9.67. The summed E-state index contributed by atoms with van der Waals surface area (Å²) < 4.78 is 19.0. The van der Waals surface area contributed by atoms with Gasteiger partial charge in [-0.3, -0.25) is 0 Å². The molecule has 0 fully saturated rings. The molecule has 0 unspecified atom stereocenters. The number of carbonyl (C=O) groups excluding carboxylic acids is 3. The van der Waals surface area contributed by atoms with E-state index in [0.717, 1.165) is 19.1 Å². The molecule has 21 heavy (non-hydrogen) atoms. The zero-order valence-electron chi connectivity index (χ0n) is 11.7. The number of carbonyl (C=O) groups is 3. The van der Waals surface area contributed by atoms with Crippen LogP contribution in [0.5, 0.6) is 0 Å². The average molecular weight is 302 g/mol. The number of aliphatic hydroxyl groups excluding tert-OH is 1. The first kappa shape index (κ1) is 18.8. The van der Waals surface area contributed by atoms with Crippen molar-refractivity contribution in [2.45, 2.75) is 12.7 Å². The fraction of sp³-hybridized carbons (Fsp3) is 0.462. The minimum Gasteiger partial charge on any atom is -0.457 e. The summed E-state index contributed by atoms with van der Waals surface area (Å²) in [5, 5.41) is 8.49. The third kappa shape index (κ3) is 7.23. The fourth-order valence-corrected chi connectivity index (χ4v) is 1.06. The maximum absolute atomic E-state index is 11.9. The van der Waals surface area contributed by atoms with Crippen LogP contribution in [0.3, 0.4) is 0 Å². The molecule has 0 aliphatic carbocycles. The zero-order chi connectivity index (χ0) is 16.3. The molecule has 0 saturated heterocycles. The van der Waals surface area contributed by atoms with Gasteiger partial charge in [-0.2, -0.15) is 0 Å². The molecule has 0 aliphatic rings. The van der Waals surface area contributed by atoms with Crippen molar-refractivity contribution in [3.05, 3.63) is 25.3 Å². The van der Waals surface area contributed by atoms with E-state index in [9.17, 15) is 14.4 Å². The lowest BCUT2D eigenvalue weighted by atomic mass is 10.3. The molecule has 0 spiro atoms. The number of hydrogen-bond donors (Lipinski definition) is 1. The van der Waals surface area contributed by atoms with Gasteiger partial charge < -0.3 is 24.1 Å². The first-order valence-corrected chi connectivity index (χ1v) is 5.96. The third-order valence-electron chi connectivity index (χ3n) is 1.99. The van der Waals surface area contributed by atoms with Gasteiger partial charge in [0.1, 0.15) is 6.61 Å². The molecular weight excluding hydrogens is 284 g/mol. The van der Waals surface area contributed by atoms with Crippen LogP contribution in [0.2, 0.25) is 0 Å². The van der Waals surface area contributed by atoms with Gasteiger partial charge in [0.05, 0.1) is 19.8 Å². The smallest absolute Gasteiger partial charge is 0.392 e. The van der Waals surface area contributed by atoms with Crippen molar-refractivity contribution in [3.8, 4) is 0 Å². The second-order valence-corrected chi connectivity index (χ2v) is 3.67. The molecule has 0 amide bonds. The molecule has 8 nitrogen and oxygen atoms in total. The second-order valence-electron chi connectivity index (χ2n) is 3.67. The maximum atomic E-state index is 11.9. The van der Waals surface area contributed by atoms with Gasteiger partial charge in [0.15, 0.2) is 0 Å². The minimum absolute atomic E-state index is 0.0210. The van der Waals surface area contributed by atoms with Crippen LogP contribution in [-0.2, 0) is 33.3 Å². The Kier molecular flexibility index (Phi) is 8.66. The van der Waals surface area contributed by atoms with Gasteiger partial charge in [-0.05, 0) is 0 Å². The predicted octanol–water partition coefficient (Wildman–Crippen LogP) is -0.287. The Balaban J connectivity index is 4.65. The lowest BCUT2D eigenvalue weighted by Gasteiger charge is -2.25. The van der Waals surface area contributed by atoms with Gasteiger partial charge in [-0.25, -0.2) is 14.4 Å². The van der Waals surface area contributed by atoms with Gasteiger partial charge in [0.25, 0.3) is 0 Å². The standard InChI is InChI=1S/C13H18O8/c1-4-10(15)20-13(3,21-11(16)5-2)12(17)19-9-8-18-7-6-14/h4-5,14H,1-2,6-9H2,3H3. The molecule has 0 aliphatic heterocycles. The Morgan fingerprint density at radius 3 is 2.00 bits per heavy atom. The summed E-state index contributed by atoms with van der Waals surface area (Å²) in [7, 11) is 0. The summed E-state index contributed by atoms with van der Waals surface area (Å²) in [4.78, 5) is 34.2. The summed E-state index contributed by atoms with van der Waals surface area (Å²) in [5.74, 6) is -5.29. The van der Waals surface area contributed by atoms with E-state index in [2.05, 4.69) is 13.2 Å². The van der Waals surface area contributed by atoms with Crippen LogP contribution in [-0.4, -0.2) is 55.2 Å². The van der Waals surface area contributed by atoms with Crippen molar-refractivity contribution in [3.63, 3.8) is 0 Å².